The van der Waals surface area contributed by atoms with E-state index in [4.69, 9.17) is 4.74 Å². The summed E-state index contributed by atoms with van der Waals surface area (Å²) in [4.78, 5) is 36.1. The van der Waals surface area contributed by atoms with Crippen LogP contribution >= 0.6 is 0 Å². The van der Waals surface area contributed by atoms with Gasteiger partial charge in [0, 0.05) is 19.1 Å². The standard InChI is InChI=1S/C15H15F2N3O4/c1-8(21)18-4-11-7-20(15(23)24-11)9-2-12(16)14(13(17)3-9)19-5-10(22)6-19/h2-3,11H,4-7H2,1H3,(H,18,21)/t11-/m0/s1. The molecule has 2 heterocycles. The lowest BCUT2D eigenvalue weighted by atomic mass is 10.1. The van der Waals surface area contributed by atoms with Gasteiger partial charge in [-0.3, -0.25) is 14.5 Å². The number of cyclic esters (lactones) is 1. The van der Waals surface area contributed by atoms with E-state index < -0.39 is 23.8 Å². The normalized spacial score (nSPS) is 20.0. The van der Waals surface area contributed by atoms with Crippen LogP contribution in [0.4, 0.5) is 25.0 Å². The topological polar surface area (TPSA) is 79.0 Å². The summed E-state index contributed by atoms with van der Waals surface area (Å²) in [6.45, 7) is 1.46. The third-order valence-electron chi connectivity index (χ3n) is 3.82. The monoisotopic (exact) mass is 339 g/mol. The Morgan fingerprint density at radius 1 is 1.29 bits per heavy atom. The summed E-state index contributed by atoms with van der Waals surface area (Å²) >= 11 is 0. The molecule has 128 valence electrons. The highest BCUT2D eigenvalue weighted by atomic mass is 19.1. The van der Waals surface area contributed by atoms with Gasteiger partial charge in [-0.25, -0.2) is 13.6 Å². The molecule has 0 bridgehead atoms. The Morgan fingerprint density at radius 3 is 2.46 bits per heavy atom. The van der Waals surface area contributed by atoms with Gasteiger partial charge in [-0.1, -0.05) is 0 Å². The van der Waals surface area contributed by atoms with Gasteiger partial charge in [0.2, 0.25) is 5.91 Å². The molecule has 1 aromatic carbocycles. The summed E-state index contributed by atoms with van der Waals surface area (Å²) in [7, 11) is 0. The number of nitrogens with one attached hydrogen (secondary N) is 1. The van der Waals surface area contributed by atoms with Crippen LogP contribution in [0.2, 0.25) is 0 Å². The number of amides is 2. The molecule has 0 saturated carbocycles. The van der Waals surface area contributed by atoms with Crippen LogP contribution in [-0.4, -0.2) is 50.1 Å². The van der Waals surface area contributed by atoms with Crippen molar-refractivity contribution in [2.24, 2.45) is 0 Å². The van der Waals surface area contributed by atoms with Crippen LogP contribution in [0.15, 0.2) is 12.1 Å². The van der Waals surface area contributed by atoms with Gasteiger partial charge < -0.3 is 15.0 Å². The predicted octanol–water partition coefficient (Wildman–Crippen LogP) is 0.815. The van der Waals surface area contributed by atoms with Crippen molar-refractivity contribution in [3.05, 3.63) is 23.8 Å². The molecule has 2 aliphatic rings. The maximum absolute atomic E-state index is 14.2. The summed E-state index contributed by atoms with van der Waals surface area (Å²) in [6.07, 6.45) is -1.34. The second kappa shape index (κ2) is 6.06. The minimum atomic E-state index is -0.851. The Kier molecular flexibility index (Phi) is 4.08. The highest BCUT2D eigenvalue weighted by Crippen LogP contribution is 2.32. The first-order valence-corrected chi connectivity index (χ1v) is 7.33. The fourth-order valence-electron chi connectivity index (χ4n) is 2.64. The number of nitrogens with zero attached hydrogens (tertiary/aromatic N) is 2. The largest absolute Gasteiger partial charge is 0.442 e. The zero-order chi connectivity index (χ0) is 17.4. The molecule has 24 heavy (non-hydrogen) atoms. The van der Waals surface area contributed by atoms with Crippen molar-refractivity contribution in [1.29, 1.82) is 0 Å². The molecule has 2 aliphatic heterocycles. The van der Waals surface area contributed by atoms with Crippen molar-refractivity contribution in [3.63, 3.8) is 0 Å². The minimum absolute atomic E-state index is 0.0240. The average Bonchev–Trinajstić information content (AvgIpc) is 2.83. The van der Waals surface area contributed by atoms with Crippen molar-refractivity contribution >= 4 is 29.2 Å². The summed E-state index contributed by atoms with van der Waals surface area (Å²) < 4.78 is 33.5. The van der Waals surface area contributed by atoms with Crippen molar-refractivity contribution in [2.75, 3.05) is 36.0 Å². The van der Waals surface area contributed by atoms with Gasteiger partial charge in [0.15, 0.2) is 17.4 Å². The van der Waals surface area contributed by atoms with Gasteiger partial charge in [0.05, 0.1) is 31.9 Å². The number of ketones is 1. The number of anilines is 2. The third-order valence-corrected chi connectivity index (χ3v) is 3.82. The van der Waals surface area contributed by atoms with Gasteiger partial charge in [-0.2, -0.15) is 0 Å². The van der Waals surface area contributed by atoms with E-state index >= 15 is 0 Å². The van der Waals surface area contributed by atoms with Crippen LogP contribution in [-0.2, 0) is 14.3 Å². The molecular weight excluding hydrogens is 324 g/mol. The summed E-state index contributed by atoms with van der Waals surface area (Å²) in [5, 5.41) is 2.52. The average molecular weight is 339 g/mol. The lowest BCUT2D eigenvalue weighted by molar-refractivity contribution is -0.120. The fraction of sp³-hybridized carbons (Fsp3) is 0.400. The molecule has 0 unspecified atom stereocenters. The molecule has 1 aromatic rings. The third kappa shape index (κ3) is 3.01. The second-order valence-electron chi connectivity index (χ2n) is 5.71. The molecular formula is C15H15F2N3O4. The summed E-state index contributed by atoms with van der Waals surface area (Å²) in [5.41, 5.74) is -0.253. The molecule has 0 aliphatic carbocycles. The molecule has 1 N–H and O–H groups in total. The lowest BCUT2D eigenvalue weighted by Gasteiger charge is -2.32. The first-order valence-electron chi connectivity index (χ1n) is 7.33. The zero-order valence-corrected chi connectivity index (χ0v) is 12.8. The SMILES string of the molecule is CC(=O)NC[C@H]1CN(c2cc(F)c(N3CC(=O)C3)c(F)c2)C(=O)O1. The second-order valence-corrected chi connectivity index (χ2v) is 5.71. The Morgan fingerprint density at radius 2 is 1.92 bits per heavy atom. The van der Waals surface area contributed by atoms with E-state index in [2.05, 4.69) is 5.32 Å². The van der Waals surface area contributed by atoms with Crippen LogP contribution in [0.3, 0.4) is 0 Å². The van der Waals surface area contributed by atoms with E-state index in [1.165, 1.54) is 11.8 Å². The van der Waals surface area contributed by atoms with E-state index in [0.717, 1.165) is 17.0 Å². The Labute approximate surface area is 136 Å². The number of hydrogen-bond acceptors (Lipinski definition) is 5. The van der Waals surface area contributed by atoms with Crippen molar-refractivity contribution in [1.82, 2.24) is 5.32 Å². The minimum Gasteiger partial charge on any atom is -0.442 e. The Bertz CT molecular complexity index is 694. The van der Waals surface area contributed by atoms with Gasteiger partial charge in [-0.15, -0.1) is 0 Å². The van der Waals surface area contributed by atoms with Crippen LogP contribution in [0.1, 0.15) is 6.92 Å². The molecule has 2 fully saturated rings. The molecule has 0 aromatic heterocycles. The van der Waals surface area contributed by atoms with E-state index in [9.17, 15) is 23.2 Å². The number of hydrogen-bond donors (Lipinski definition) is 1. The van der Waals surface area contributed by atoms with Crippen molar-refractivity contribution in [2.45, 2.75) is 13.0 Å². The lowest BCUT2D eigenvalue weighted by Crippen LogP contribution is -2.48. The first-order chi connectivity index (χ1) is 11.3. The first kappa shape index (κ1) is 16.2. The predicted molar refractivity (Wildman–Crippen MR) is 79.9 cm³/mol. The molecule has 7 nitrogen and oxygen atoms in total. The molecule has 2 amide bonds. The summed E-state index contributed by atoms with van der Waals surface area (Å²) in [5.74, 6) is -2.07. The van der Waals surface area contributed by atoms with Crippen LogP contribution < -0.4 is 15.1 Å². The van der Waals surface area contributed by atoms with Gasteiger partial charge >= 0.3 is 6.09 Å². The maximum atomic E-state index is 14.2. The summed E-state index contributed by atoms with van der Waals surface area (Å²) in [6, 6.07) is 2.06. The number of benzene rings is 1. The Balaban J connectivity index is 1.76. The zero-order valence-electron chi connectivity index (χ0n) is 12.8. The quantitative estimate of drug-likeness (QED) is 0.878. The van der Waals surface area contributed by atoms with Crippen molar-refractivity contribution < 1.29 is 27.9 Å². The highest BCUT2D eigenvalue weighted by molar-refractivity contribution is 5.96. The van der Waals surface area contributed by atoms with Gasteiger partial charge in [0.1, 0.15) is 11.8 Å². The fourth-order valence-corrected chi connectivity index (χ4v) is 2.64. The van der Waals surface area contributed by atoms with E-state index in [1.54, 1.807) is 0 Å². The number of rotatable bonds is 4. The number of Topliss-reactive ketones (excluding diaryl/α,β-unsaturated/α-hetero) is 1. The van der Waals surface area contributed by atoms with E-state index in [0.29, 0.717) is 0 Å². The molecule has 3 rings (SSSR count). The van der Waals surface area contributed by atoms with Crippen molar-refractivity contribution in [3.8, 4) is 0 Å². The van der Waals surface area contributed by atoms with Gasteiger partial charge in [0.25, 0.3) is 0 Å². The number of ether oxygens (including phenoxy) is 1. The molecule has 9 heteroatoms. The molecule has 0 spiro atoms. The van der Waals surface area contributed by atoms with Crippen LogP contribution in [0, 0.1) is 11.6 Å². The molecule has 1 atom stereocenters. The van der Waals surface area contributed by atoms with Crippen LogP contribution in [0.25, 0.3) is 0 Å². The highest BCUT2D eigenvalue weighted by Gasteiger charge is 2.35. The molecule has 2 saturated heterocycles. The number of halogens is 2. The Hall–Kier alpha value is -2.71. The van der Waals surface area contributed by atoms with E-state index in [1.807, 2.05) is 0 Å². The smallest absolute Gasteiger partial charge is 0.414 e. The maximum Gasteiger partial charge on any atom is 0.414 e. The van der Waals surface area contributed by atoms with Crippen LogP contribution in [0.5, 0.6) is 0 Å². The molecule has 0 radical (unpaired) electrons. The number of carbonyl (C=O) groups excluding carboxylic acids is 3. The van der Waals surface area contributed by atoms with Gasteiger partial charge in [-0.05, 0) is 0 Å². The van der Waals surface area contributed by atoms with E-state index in [-0.39, 0.29) is 49.2 Å². The number of carbonyl (C=O) groups is 3.